The van der Waals surface area contributed by atoms with E-state index in [1.807, 2.05) is 50.2 Å². The van der Waals surface area contributed by atoms with Crippen molar-refractivity contribution in [2.45, 2.75) is 39.3 Å². The first kappa shape index (κ1) is 15.6. The van der Waals surface area contributed by atoms with Gasteiger partial charge in [-0.15, -0.1) is 10.2 Å². The van der Waals surface area contributed by atoms with Gasteiger partial charge in [0.15, 0.2) is 6.61 Å². The van der Waals surface area contributed by atoms with Gasteiger partial charge in [-0.05, 0) is 44.9 Å². The molecule has 2 aromatic heterocycles. The average Bonchev–Trinajstić information content (AvgIpc) is 3.25. The number of rotatable bonds is 5. The van der Waals surface area contributed by atoms with Crippen molar-refractivity contribution in [1.82, 2.24) is 14.8 Å². The van der Waals surface area contributed by atoms with Crippen molar-refractivity contribution < 1.29 is 13.9 Å². The Bertz CT molecular complexity index is 907. The summed E-state index contributed by atoms with van der Waals surface area (Å²) in [6, 6.07) is 11.9. The highest BCUT2D eigenvalue weighted by molar-refractivity contribution is 5.91. The standard InChI is InChI=1S/C19H19N3O3/c1-12-10-16(13(2)22(12)15-8-9-15)19(23)24-11-17-20-21-18(25-17)14-6-4-3-5-7-14/h3-7,10,15H,8-9,11H2,1-2H3. The molecule has 25 heavy (non-hydrogen) atoms. The smallest absolute Gasteiger partial charge is 0.340 e. The summed E-state index contributed by atoms with van der Waals surface area (Å²) in [7, 11) is 0. The maximum absolute atomic E-state index is 12.4. The van der Waals surface area contributed by atoms with Gasteiger partial charge in [0.05, 0.1) is 5.56 Å². The van der Waals surface area contributed by atoms with Gasteiger partial charge in [-0.1, -0.05) is 18.2 Å². The van der Waals surface area contributed by atoms with Gasteiger partial charge in [-0.2, -0.15) is 0 Å². The molecule has 0 bridgehead atoms. The summed E-state index contributed by atoms with van der Waals surface area (Å²) < 4.78 is 13.1. The summed E-state index contributed by atoms with van der Waals surface area (Å²) in [5, 5.41) is 7.93. The van der Waals surface area contributed by atoms with Crippen molar-refractivity contribution in [3.05, 3.63) is 59.2 Å². The van der Waals surface area contributed by atoms with Gasteiger partial charge in [-0.3, -0.25) is 0 Å². The summed E-state index contributed by atoms with van der Waals surface area (Å²) in [6.07, 6.45) is 2.35. The van der Waals surface area contributed by atoms with Crippen LogP contribution in [0.3, 0.4) is 0 Å². The molecular weight excluding hydrogens is 318 g/mol. The minimum absolute atomic E-state index is 0.0359. The van der Waals surface area contributed by atoms with Crippen LogP contribution in [0.4, 0.5) is 0 Å². The molecule has 0 spiro atoms. The second kappa shape index (κ2) is 6.20. The largest absolute Gasteiger partial charge is 0.452 e. The molecule has 1 fully saturated rings. The van der Waals surface area contributed by atoms with Crippen LogP contribution in [0.2, 0.25) is 0 Å². The minimum atomic E-state index is -0.362. The topological polar surface area (TPSA) is 70.2 Å². The maximum Gasteiger partial charge on any atom is 0.340 e. The van der Waals surface area contributed by atoms with E-state index in [1.54, 1.807) is 0 Å². The van der Waals surface area contributed by atoms with Gasteiger partial charge in [-0.25, -0.2) is 4.79 Å². The summed E-state index contributed by atoms with van der Waals surface area (Å²) in [4.78, 5) is 12.4. The maximum atomic E-state index is 12.4. The van der Waals surface area contributed by atoms with Crippen LogP contribution in [0.5, 0.6) is 0 Å². The van der Waals surface area contributed by atoms with E-state index in [2.05, 4.69) is 14.8 Å². The third-order valence-electron chi connectivity index (χ3n) is 4.43. The summed E-state index contributed by atoms with van der Waals surface area (Å²) in [6.45, 7) is 3.94. The quantitative estimate of drug-likeness (QED) is 0.661. The van der Waals surface area contributed by atoms with Crippen LogP contribution in [0.15, 0.2) is 40.8 Å². The van der Waals surface area contributed by atoms with Crippen LogP contribution in [0.1, 0.15) is 46.5 Å². The number of hydrogen-bond acceptors (Lipinski definition) is 5. The first-order chi connectivity index (χ1) is 12.1. The van der Waals surface area contributed by atoms with Crippen molar-refractivity contribution in [2.75, 3.05) is 0 Å². The molecule has 128 valence electrons. The van der Waals surface area contributed by atoms with Crippen molar-refractivity contribution in [3.63, 3.8) is 0 Å². The van der Waals surface area contributed by atoms with E-state index in [4.69, 9.17) is 9.15 Å². The van der Waals surface area contributed by atoms with Crippen molar-refractivity contribution in [3.8, 4) is 11.5 Å². The zero-order valence-electron chi connectivity index (χ0n) is 14.2. The highest BCUT2D eigenvalue weighted by Crippen LogP contribution is 2.38. The molecule has 1 aliphatic carbocycles. The van der Waals surface area contributed by atoms with Crippen LogP contribution in [0.25, 0.3) is 11.5 Å². The number of benzene rings is 1. The number of esters is 1. The molecule has 2 heterocycles. The number of nitrogens with zero attached hydrogens (tertiary/aromatic N) is 3. The molecule has 1 saturated carbocycles. The average molecular weight is 337 g/mol. The van der Waals surface area contributed by atoms with Crippen molar-refractivity contribution in [2.24, 2.45) is 0 Å². The normalized spacial score (nSPS) is 13.8. The zero-order chi connectivity index (χ0) is 17.4. The van der Waals surface area contributed by atoms with Crippen LogP contribution < -0.4 is 0 Å². The van der Waals surface area contributed by atoms with Gasteiger partial charge in [0.2, 0.25) is 5.89 Å². The Morgan fingerprint density at radius 2 is 2.00 bits per heavy atom. The Balaban J connectivity index is 1.44. The third kappa shape index (κ3) is 3.07. The number of carbonyl (C=O) groups excluding carboxylic acids is 1. The Morgan fingerprint density at radius 1 is 1.24 bits per heavy atom. The van der Waals surface area contributed by atoms with E-state index in [9.17, 15) is 4.79 Å². The Hall–Kier alpha value is -2.89. The fourth-order valence-corrected chi connectivity index (χ4v) is 3.09. The molecule has 4 rings (SSSR count). The van der Waals surface area contributed by atoms with E-state index in [-0.39, 0.29) is 18.5 Å². The molecule has 0 radical (unpaired) electrons. The molecular formula is C19H19N3O3. The van der Waals surface area contributed by atoms with Crippen LogP contribution in [-0.4, -0.2) is 20.7 Å². The predicted molar refractivity (Wildman–Crippen MR) is 91.0 cm³/mol. The second-order valence-corrected chi connectivity index (χ2v) is 6.33. The van der Waals surface area contributed by atoms with Crippen molar-refractivity contribution in [1.29, 1.82) is 0 Å². The highest BCUT2D eigenvalue weighted by Gasteiger charge is 2.28. The molecule has 1 aromatic carbocycles. The van der Waals surface area contributed by atoms with E-state index in [0.717, 1.165) is 17.0 Å². The molecule has 0 N–H and O–H groups in total. The van der Waals surface area contributed by atoms with Gasteiger partial charge >= 0.3 is 5.97 Å². The fourth-order valence-electron chi connectivity index (χ4n) is 3.09. The molecule has 3 aromatic rings. The predicted octanol–water partition coefficient (Wildman–Crippen LogP) is 3.85. The van der Waals surface area contributed by atoms with Gasteiger partial charge in [0, 0.05) is 23.0 Å². The molecule has 0 amide bonds. The number of carbonyl (C=O) groups is 1. The monoisotopic (exact) mass is 337 g/mol. The Labute approximate surface area is 145 Å². The minimum Gasteiger partial charge on any atom is -0.452 e. The Kier molecular flexibility index (Phi) is 3.87. The summed E-state index contributed by atoms with van der Waals surface area (Å²) in [5.41, 5.74) is 3.49. The van der Waals surface area contributed by atoms with E-state index < -0.39 is 0 Å². The third-order valence-corrected chi connectivity index (χ3v) is 4.43. The summed E-state index contributed by atoms with van der Waals surface area (Å²) in [5.74, 6) is 0.334. The number of hydrogen-bond donors (Lipinski definition) is 0. The van der Waals surface area contributed by atoms with Crippen LogP contribution in [-0.2, 0) is 11.3 Å². The lowest BCUT2D eigenvalue weighted by Crippen LogP contribution is -2.07. The van der Waals surface area contributed by atoms with E-state index in [1.165, 1.54) is 12.8 Å². The lowest BCUT2D eigenvalue weighted by atomic mass is 10.2. The van der Waals surface area contributed by atoms with Gasteiger partial charge in [0.1, 0.15) is 0 Å². The number of aromatic nitrogens is 3. The molecule has 0 unspecified atom stereocenters. The lowest BCUT2D eigenvalue weighted by Gasteiger charge is -2.07. The second-order valence-electron chi connectivity index (χ2n) is 6.33. The molecule has 1 aliphatic rings. The Morgan fingerprint density at radius 3 is 2.72 bits per heavy atom. The van der Waals surface area contributed by atoms with Gasteiger partial charge < -0.3 is 13.7 Å². The van der Waals surface area contributed by atoms with E-state index >= 15 is 0 Å². The SMILES string of the molecule is Cc1cc(C(=O)OCc2nnc(-c3ccccc3)o2)c(C)n1C1CC1. The number of aryl methyl sites for hydroxylation is 1. The molecule has 0 atom stereocenters. The lowest BCUT2D eigenvalue weighted by molar-refractivity contribution is 0.0437. The highest BCUT2D eigenvalue weighted by atomic mass is 16.5. The van der Waals surface area contributed by atoms with Gasteiger partial charge in [0.25, 0.3) is 5.89 Å². The molecule has 6 nitrogen and oxygen atoms in total. The summed E-state index contributed by atoms with van der Waals surface area (Å²) >= 11 is 0. The van der Waals surface area contributed by atoms with Crippen molar-refractivity contribution >= 4 is 5.97 Å². The number of ether oxygens (including phenoxy) is 1. The van der Waals surface area contributed by atoms with Crippen LogP contribution in [0, 0.1) is 13.8 Å². The molecule has 0 saturated heterocycles. The molecule has 0 aliphatic heterocycles. The first-order valence-electron chi connectivity index (χ1n) is 8.37. The molecule has 6 heteroatoms. The fraction of sp³-hybridized carbons (Fsp3) is 0.316. The van der Waals surface area contributed by atoms with Crippen LogP contribution >= 0.6 is 0 Å². The van der Waals surface area contributed by atoms with E-state index in [0.29, 0.717) is 17.5 Å². The first-order valence-corrected chi connectivity index (χ1v) is 8.37. The zero-order valence-corrected chi connectivity index (χ0v) is 14.2.